The summed E-state index contributed by atoms with van der Waals surface area (Å²) in [6.45, 7) is 4.70. The van der Waals surface area contributed by atoms with E-state index in [1.54, 1.807) is 36.0 Å². The molecule has 0 aliphatic rings. The predicted molar refractivity (Wildman–Crippen MR) is 96.9 cm³/mol. The lowest BCUT2D eigenvalue weighted by atomic mass is 10.1. The van der Waals surface area contributed by atoms with Gasteiger partial charge in [0.15, 0.2) is 0 Å². The number of hydrogen-bond donors (Lipinski definition) is 2. The number of carbonyl (C=O) groups is 2. The van der Waals surface area contributed by atoms with Gasteiger partial charge < -0.3 is 10.4 Å². The smallest absolute Gasteiger partial charge is 0.335 e. The van der Waals surface area contributed by atoms with Gasteiger partial charge in [0.05, 0.1) is 11.1 Å². The number of carbonyl (C=O) groups excluding carboxylic acids is 1. The lowest BCUT2D eigenvalue weighted by Gasteiger charge is -2.11. The summed E-state index contributed by atoms with van der Waals surface area (Å²) in [4.78, 5) is 24.2. The molecule has 2 aromatic carbocycles. The molecule has 0 aromatic heterocycles. The monoisotopic (exact) mass is 343 g/mol. The van der Waals surface area contributed by atoms with Gasteiger partial charge in [-0.2, -0.15) is 0 Å². The molecule has 4 nitrogen and oxygen atoms in total. The average Bonchev–Trinajstić information content (AvgIpc) is 2.55. The Hall–Kier alpha value is -2.27. The van der Waals surface area contributed by atoms with Crippen LogP contribution in [0.5, 0.6) is 0 Å². The highest BCUT2D eigenvalue weighted by atomic mass is 32.2. The van der Waals surface area contributed by atoms with Gasteiger partial charge in [-0.05, 0) is 36.2 Å². The number of thioether (sulfide) groups is 1. The number of carboxylic acid groups (broad SMARTS) is 1. The van der Waals surface area contributed by atoms with Gasteiger partial charge in [-0.1, -0.05) is 38.1 Å². The lowest BCUT2D eigenvalue weighted by Crippen LogP contribution is -2.26. The van der Waals surface area contributed by atoms with Gasteiger partial charge in [-0.3, -0.25) is 4.79 Å². The third-order valence-corrected chi connectivity index (χ3v) is 4.48. The summed E-state index contributed by atoms with van der Waals surface area (Å²) in [5, 5.41) is 12.2. The van der Waals surface area contributed by atoms with E-state index in [2.05, 4.69) is 19.2 Å². The van der Waals surface area contributed by atoms with Crippen LogP contribution in [-0.4, -0.2) is 28.8 Å². The maximum Gasteiger partial charge on any atom is 0.335 e. The van der Waals surface area contributed by atoms with Crippen molar-refractivity contribution < 1.29 is 14.7 Å². The standard InChI is InChI=1S/C19H21NO3S/c1-13(2)24-17-6-4-3-5-16(17)18(21)20-12-11-14-7-9-15(10-8-14)19(22)23/h3-10,13H,11-12H2,1-2H3,(H,20,21)(H,22,23). The minimum atomic E-state index is -0.936. The average molecular weight is 343 g/mol. The van der Waals surface area contributed by atoms with Gasteiger partial charge in [0.25, 0.3) is 5.91 Å². The Kier molecular flexibility index (Phi) is 6.44. The highest BCUT2D eigenvalue weighted by molar-refractivity contribution is 8.00. The van der Waals surface area contributed by atoms with Gasteiger partial charge in [0.2, 0.25) is 0 Å². The van der Waals surface area contributed by atoms with Crippen LogP contribution in [0.4, 0.5) is 0 Å². The molecule has 0 saturated carbocycles. The van der Waals surface area contributed by atoms with Crippen LogP contribution in [0.15, 0.2) is 53.4 Å². The Balaban J connectivity index is 1.92. The fourth-order valence-corrected chi connectivity index (χ4v) is 3.19. The van der Waals surface area contributed by atoms with Crippen molar-refractivity contribution in [3.05, 3.63) is 65.2 Å². The van der Waals surface area contributed by atoms with Crippen LogP contribution in [-0.2, 0) is 6.42 Å². The maximum absolute atomic E-state index is 12.4. The Morgan fingerprint density at radius 1 is 1.08 bits per heavy atom. The second kappa shape index (κ2) is 8.55. The van der Waals surface area contributed by atoms with E-state index in [1.165, 1.54) is 0 Å². The third-order valence-electron chi connectivity index (χ3n) is 3.39. The molecule has 0 fully saturated rings. The van der Waals surface area contributed by atoms with Gasteiger partial charge in [0, 0.05) is 16.7 Å². The normalized spacial score (nSPS) is 10.6. The SMILES string of the molecule is CC(C)Sc1ccccc1C(=O)NCCc1ccc(C(=O)O)cc1. The lowest BCUT2D eigenvalue weighted by molar-refractivity contribution is 0.0696. The minimum Gasteiger partial charge on any atom is -0.478 e. The molecule has 126 valence electrons. The molecular formula is C19H21NO3S. The number of rotatable bonds is 7. The molecule has 0 aliphatic heterocycles. The van der Waals surface area contributed by atoms with E-state index in [0.717, 1.165) is 10.5 Å². The number of benzene rings is 2. The van der Waals surface area contributed by atoms with Crippen molar-refractivity contribution in [3.63, 3.8) is 0 Å². The van der Waals surface area contributed by atoms with Crippen LogP contribution < -0.4 is 5.32 Å². The minimum absolute atomic E-state index is 0.0825. The van der Waals surface area contributed by atoms with E-state index < -0.39 is 5.97 Å². The molecule has 0 saturated heterocycles. The summed E-state index contributed by atoms with van der Waals surface area (Å²) in [5.41, 5.74) is 1.95. The van der Waals surface area contributed by atoms with Crippen LogP contribution in [0.3, 0.4) is 0 Å². The summed E-state index contributed by atoms with van der Waals surface area (Å²) in [7, 11) is 0. The van der Waals surface area contributed by atoms with Crippen LogP contribution >= 0.6 is 11.8 Å². The molecule has 2 aromatic rings. The van der Waals surface area contributed by atoms with Gasteiger partial charge in [0.1, 0.15) is 0 Å². The Morgan fingerprint density at radius 3 is 2.38 bits per heavy atom. The molecular weight excluding hydrogens is 322 g/mol. The van der Waals surface area contributed by atoms with Crippen LogP contribution in [0.25, 0.3) is 0 Å². The maximum atomic E-state index is 12.4. The number of aromatic carboxylic acids is 1. The number of nitrogens with one attached hydrogen (secondary N) is 1. The quantitative estimate of drug-likeness (QED) is 0.749. The fourth-order valence-electron chi connectivity index (χ4n) is 2.24. The molecule has 0 bridgehead atoms. The van der Waals surface area contributed by atoms with E-state index in [-0.39, 0.29) is 11.5 Å². The van der Waals surface area contributed by atoms with Crippen molar-refractivity contribution in [1.29, 1.82) is 0 Å². The first kappa shape index (κ1) is 18.1. The Morgan fingerprint density at radius 2 is 1.75 bits per heavy atom. The number of carboxylic acids is 1. The van der Waals surface area contributed by atoms with Gasteiger partial charge in [-0.15, -0.1) is 11.8 Å². The first-order chi connectivity index (χ1) is 11.5. The Labute approximate surface area is 146 Å². The largest absolute Gasteiger partial charge is 0.478 e. The number of hydrogen-bond acceptors (Lipinski definition) is 3. The predicted octanol–water partition coefficient (Wildman–Crippen LogP) is 3.86. The molecule has 0 atom stereocenters. The zero-order valence-electron chi connectivity index (χ0n) is 13.8. The zero-order valence-corrected chi connectivity index (χ0v) is 14.6. The highest BCUT2D eigenvalue weighted by Crippen LogP contribution is 2.26. The van der Waals surface area contributed by atoms with Crippen LogP contribution in [0.2, 0.25) is 0 Å². The molecule has 5 heteroatoms. The van der Waals surface area contributed by atoms with E-state index >= 15 is 0 Å². The molecule has 24 heavy (non-hydrogen) atoms. The first-order valence-electron chi connectivity index (χ1n) is 7.83. The van der Waals surface area contributed by atoms with Crippen molar-refractivity contribution in [2.75, 3.05) is 6.54 Å². The molecule has 0 unspecified atom stereocenters. The molecule has 1 amide bonds. The van der Waals surface area contributed by atoms with Crippen molar-refractivity contribution in [3.8, 4) is 0 Å². The first-order valence-corrected chi connectivity index (χ1v) is 8.71. The second-order valence-corrected chi connectivity index (χ2v) is 7.29. The van der Waals surface area contributed by atoms with Crippen molar-refractivity contribution in [2.24, 2.45) is 0 Å². The Bertz CT molecular complexity index is 711. The van der Waals surface area contributed by atoms with Crippen molar-refractivity contribution in [1.82, 2.24) is 5.32 Å². The zero-order chi connectivity index (χ0) is 17.5. The van der Waals surface area contributed by atoms with Crippen molar-refractivity contribution >= 4 is 23.6 Å². The van der Waals surface area contributed by atoms with Gasteiger partial charge in [-0.25, -0.2) is 4.79 Å². The molecule has 0 radical (unpaired) electrons. The summed E-state index contributed by atoms with van der Waals surface area (Å²) in [6.07, 6.45) is 0.658. The van der Waals surface area contributed by atoms with E-state index in [4.69, 9.17) is 5.11 Å². The highest BCUT2D eigenvalue weighted by Gasteiger charge is 2.12. The summed E-state index contributed by atoms with van der Waals surface area (Å²) in [5.74, 6) is -1.02. The summed E-state index contributed by atoms with van der Waals surface area (Å²) in [6, 6.07) is 14.3. The third kappa shape index (κ3) is 5.13. The molecule has 0 aliphatic carbocycles. The van der Waals surface area contributed by atoms with Crippen LogP contribution in [0.1, 0.15) is 40.1 Å². The van der Waals surface area contributed by atoms with Gasteiger partial charge >= 0.3 is 5.97 Å². The van der Waals surface area contributed by atoms with Crippen molar-refractivity contribution in [2.45, 2.75) is 30.4 Å². The molecule has 0 heterocycles. The molecule has 0 spiro atoms. The van der Waals surface area contributed by atoms with E-state index in [1.807, 2.05) is 24.3 Å². The van der Waals surface area contributed by atoms with E-state index in [9.17, 15) is 9.59 Å². The summed E-state index contributed by atoms with van der Waals surface area (Å²) < 4.78 is 0. The number of amides is 1. The van der Waals surface area contributed by atoms with E-state index in [0.29, 0.717) is 23.8 Å². The summed E-state index contributed by atoms with van der Waals surface area (Å²) >= 11 is 1.67. The molecule has 2 rings (SSSR count). The fraction of sp³-hybridized carbons (Fsp3) is 0.263. The topological polar surface area (TPSA) is 66.4 Å². The molecule has 2 N–H and O–H groups in total. The second-order valence-electron chi connectivity index (χ2n) is 5.67. The van der Waals surface area contributed by atoms with Crippen LogP contribution in [0, 0.1) is 0 Å².